The van der Waals surface area contributed by atoms with E-state index < -0.39 is 10.8 Å². The van der Waals surface area contributed by atoms with Gasteiger partial charge in [-0.25, -0.2) is 0 Å². The molecule has 0 aromatic heterocycles. The zero-order valence-corrected chi connectivity index (χ0v) is 7.54. The minimum Gasteiger partial charge on any atom is -0.336 e. The van der Waals surface area contributed by atoms with Crippen LogP contribution in [0, 0.1) is 0 Å². The van der Waals surface area contributed by atoms with Gasteiger partial charge >= 0.3 is 0 Å². The van der Waals surface area contributed by atoms with Crippen LogP contribution in [-0.4, -0.2) is 35.9 Å². The van der Waals surface area contributed by atoms with Crippen LogP contribution in [-0.2, 0) is 10.8 Å². The van der Waals surface area contributed by atoms with Crippen LogP contribution in [0.3, 0.4) is 0 Å². The fraction of sp³-hybridized carbons (Fsp3) is 1.00. The molecule has 0 radical (unpaired) electrons. The van der Waals surface area contributed by atoms with Gasteiger partial charge in [0.15, 0.2) is 0 Å². The van der Waals surface area contributed by atoms with E-state index in [-0.39, 0.29) is 0 Å². The van der Waals surface area contributed by atoms with Crippen LogP contribution in [0.15, 0.2) is 0 Å². The number of hydrogen-bond acceptors (Lipinski definition) is 1. The quantitative estimate of drug-likeness (QED) is 0.527. The van der Waals surface area contributed by atoms with Gasteiger partial charge in [0.2, 0.25) is 0 Å². The summed E-state index contributed by atoms with van der Waals surface area (Å²) in [6.07, 6.45) is 4.24. The number of nitrogens with one attached hydrogen (secondary N) is 1. The van der Waals surface area contributed by atoms with Gasteiger partial charge in [0, 0.05) is 17.1 Å². The lowest BCUT2D eigenvalue weighted by atomic mass is 10.1. The molecule has 0 aromatic rings. The smallest absolute Gasteiger partial charge is 0.0914 e. The van der Waals surface area contributed by atoms with E-state index in [1.54, 1.807) is 0 Å². The van der Waals surface area contributed by atoms with Crippen molar-refractivity contribution in [3.05, 3.63) is 0 Å². The van der Waals surface area contributed by atoms with Crippen molar-refractivity contribution in [2.24, 2.45) is 0 Å². The first-order valence-electron chi connectivity index (χ1n) is 3.83. The molecule has 0 bridgehead atoms. The van der Waals surface area contributed by atoms with Crippen LogP contribution < -0.4 is 4.90 Å². The molecule has 0 aromatic carbocycles. The lowest BCUT2D eigenvalue weighted by molar-refractivity contribution is -0.883. The molecule has 0 saturated carbocycles. The second-order valence-electron chi connectivity index (χ2n) is 3.17. The highest BCUT2D eigenvalue weighted by atomic mass is 32.2. The highest BCUT2D eigenvalue weighted by Gasteiger charge is 2.22. The van der Waals surface area contributed by atoms with Crippen molar-refractivity contribution < 1.29 is 9.11 Å². The summed E-state index contributed by atoms with van der Waals surface area (Å²) in [7, 11) is 1.59. The monoisotopic (exact) mass is 162 g/mol. The van der Waals surface area contributed by atoms with E-state index in [2.05, 4.69) is 7.05 Å². The van der Waals surface area contributed by atoms with Crippen molar-refractivity contribution in [2.45, 2.75) is 18.1 Å². The van der Waals surface area contributed by atoms with E-state index in [9.17, 15) is 4.21 Å². The van der Waals surface area contributed by atoms with Crippen LogP contribution in [0.4, 0.5) is 0 Å². The summed E-state index contributed by atoms with van der Waals surface area (Å²) in [4.78, 5) is 1.53. The molecule has 0 amide bonds. The normalized spacial score (nSPS) is 37.4. The predicted octanol–water partition coefficient (Wildman–Crippen LogP) is -0.958. The maximum atomic E-state index is 11.0. The van der Waals surface area contributed by atoms with Gasteiger partial charge < -0.3 is 4.90 Å². The third-order valence-corrected chi connectivity index (χ3v) is 3.52. The highest BCUT2D eigenvalue weighted by molar-refractivity contribution is 7.84. The molecule has 1 heterocycles. The molecule has 2 unspecified atom stereocenters. The maximum Gasteiger partial charge on any atom is 0.0914 e. The number of likely N-dealkylation sites (tertiary alicyclic amines) is 1. The zero-order chi connectivity index (χ0) is 7.56. The number of rotatable bonds is 1. The summed E-state index contributed by atoms with van der Waals surface area (Å²) in [5, 5.41) is 0.466. The molecule has 1 N–H and O–H groups in total. The Hall–Kier alpha value is 0.110. The molecule has 1 saturated heterocycles. The first kappa shape index (κ1) is 8.21. The number of hydrogen-bond donors (Lipinski definition) is 1. The summed E-state index contributed by atoms with van der Waals surface area (Å²) >= 11 is 0. The van der Waals surface area contributed by atoms with Gasteiger partial charge in [-0.2, -0.15) is 0 Å². The lowest BCUT2D eigenvalue weighted by Crippen LogP contribution is -3.11. The Kier molecular flexibility index (Phi) is 2.86. The van der Waals surface area contributed by atoms with Gasteiger partial charge in [-0.15, -0.1) is 0 Å². The average Bonchev–Trinajstić information content (AvgIpc) is 1.88. The lowest BCUT2D eigenvalue weighted by Gasteiger charge is -2.25. The van der Waals surface area contributed by atoms with Crippen LogP contribution in [0.25, 0.3) is 0 Å². The van der Waals surface area contributed by atoms with Crippen LogP contribution in [0.5, 0.6) is 0 Å². The Morgan fingerprint density at radius 1 is 1.60 bits per heavy atom. The maximum absolute atomic E-state index is 11.0. The van der Waals surface area contributed by atoms with Crippen molar-refractivity contribution in [1.29, 1.82) is 0 Å². The van der Waals surface area contributed by atoms with Crippen molar-refractivity contribution in [3.8, 4) is 0 Å². The molecular weight excluding hydrogens is 146 g/mol. The van der Waals surface area contributed by atoms with Crippen LogP contribution in [0.1, 0.15) is 12.8 Å². The minimum atomic E-state index is -0.594. The first-order chi connectivity index (χ1) is 4.70. The standard InChI is InChI=1S/C7H15NOS/c1-8-5-3-4-7(6-8)10(2)9/h7H,3-6H2,1-2H3/p+1/t7-,10?/m1/s1. The van der Waals surface area contributed by atoms with Gasteiger partial charge in [-0.3, -0.25) is 4.21 Å². The predicted molar refractivity (Wildman–Crippen MR) is 43.7 cm³/mol. The fourth-order valence-electron chi connectivity index (χ4n) is 1.51. The van der Waals surface area contributed by atoms with Gasteiger partial charge in [-0.05, 0) is 12.8 Å². The molecule has 1 rings (SSSR count). The van der Waals surface area contributed by atoms with E-state index in [0.29, 0.717) is 5.25 Å². The number of piperidine rings is 1. The zero-order valence-electron chi connectivity index (χ0n) is 6.72. The molecule has 1 aliphatic heterocycles. The summed E-state index contributed by atoms with van der Waals surface area (Å²) in [6, 6.07) is 0. The molecule has 10 heavy (non-hydrogen) atoms. The van der Waals surface area contributed by atoms with Gasteiger partial charge in [-0.1, -0.05) is 0 Å². The second kappa shape index (κ2) is 3.49. The average molecular weight is 162 g/mol. The molecule has 60 valence electrons. The summed E-state index contributed by atoms with van der Waals surface area (Å²) in [5.41, 5.74) is 0. The molecule has 1 aliphatic rings. The Balaban J connectivity index is 2.39. The van der Waals surface area contributed by atoms with E-state index >= 15 is 0 Å². The summed E-state index contributed by atoms with van der Waals surface area (Å²) in [5.74, 6) is 0. The molecule has 1 fully saturated rings. The summed E-state index contributed by atoms with van der Waals surface area (Å²) in [6.45, 7) is 2.36. The fourth-order valence-corrected chi connectivity index (χ4v) is 2.53. The molecule has 2 nitrogen and oxygen atoms in total. The number of quaternary nitrogens is 1. The topological polar surface area (TPSA) is 21.5 Å². The van der Waals surface area contributed by atoms with Crippen LogP contribution in [0.2, 0.25) is 0 Å². The third kappa shape index (κ3) is 2.06. The molecular formula is C7H16NOS+. The van der Waals surface area contributed by atoms with Crippen molar-refractivity contribution in [3.63, 3.8) is 0 Å². The second-order valence-corrected chi connectivity index (χ2v) is 4.84. The van der Waals surface area contributed by atoms with E-state index in [4.69, 9.17) is 0 Å². The molecule has 3 heteroatoms. The van der Waals surface area contributed by atoms with E-state index in [0.717, 1.165) is 6.54 Å². The SMILES string of the molecule is C[NH+]1CCC[C@@H](S(C)=O)C1. The largest absolute Gasteiger partial charge is 0.336 e. The molecule has 3 atom stereocenters. The van der Waals surface area contributed by atoms with Crippen molar-refractivity contribution in [2.75, 3.05) is 26.4 Å². The Bertz CT molecular complexity index is 138. The minimum absolute atomic E-state index is 0.466. The Labute approximate surface area is 65.1 Å². The van der Waals surface area contributed by atoms with Crippen molar-refractivity contribution >= 4 is 10.8 Å². The van der Waals surface area contributed by atoms with Crippen LogP contribution >= 0.6 is 0 Å². The van der Waals surface area contributed by atoms with E-state index in [1.807, 2.05) is 6.26 Å². The Morgan fingerprint density at radius 3 is 2.70 bits per heavy atom. The molecule has 0 aliphatic carbocycles. The first-order valence-corrected chi connectivity index (χ1v) is 5.46. The third-order valence-electron chi connectivity index (χ3n) is 2.18. The van der Waals surface area contributed by atoms with Gasteiger partial charge in [0.25, 0.3) is 0 Å². The Morgan fingerprint density at radius 2 is 2.30 bits per heavy atom. The van der Waals surface area contributed by atoms with Crippen molar-refractivity contribution in [1.82, 2.24) is 0 Å². The van der Waals surface area contributed by atoms with Gasteiger partial charge in [0.05, 0.1) is 25.4 Å². The van der Waals surface area contributed by atoms with E-state index in [1.165, 1.54) is 24.3 Å². The molecule has 0 spiro atoms. The highest BCUT2D eigenvalue weighted by Crippen LogP contribution is 2.03. The summed E-state index contributed by atoms with van der Waals surface area (Å²) < 4.78 is 11.0. The van der Waals surface area contributed by atoms with Gasteiger partial charge in [0.1, 0.15) is 0 Å².